The number of ether oxygens (including phenoxy) is 2. The molecule has 23 heavy (non-hydrogen) atoms. The molecule has 124 valence electrons. The summed E-state index contributed by atoms with van der Waals surface area (Å²) in [7, 11) is 0. The van der Waals surface area contributed by atoms with Crippen molar-refractivity contribution in [3.8, 4) is 11.5 Å². The topological polar surface area (TPSA) is 76.7 Å². The van der Waals surface area contributed by atoms with Crippen LogP contribution in [0.2, 0.25) is 0 Å². The van der Waals surface area contributed by atoms with E-state index < -0.39 is 0 Å². The lowest BCUT2D eigenvalue weighted by molar-refractivity contribution is -0.127. The van der Waals surface area contributed by atoms with Crippen LogP contribution in [0.1, 0.15) is 31.7 Å². The first-order valence-corrected chi connectivity index (χ1v) is 8.13. The SMILES string of the molecule is CCCCNC(=O)C1CC1C(=O)NCc1ccc2c(c1)OCO2. The van der Waals surface area contributed by atoms with Crippen molar-refractivity contribution < 1.29 is 19.1 Å². The lowest BCUT2D eigenvalue weighted by Gasteiger charge is -2.06. The van der Waals surface area contributed by atoms with Crippen molar-refractivity contribution in [2.24, 2.45) is 11.8 Å². The summed E-state index contributed by atoms with van der Waals surface area (Å²) < 4.78 is 10.6. The first kappa shape index (κ1) is 15.6. The zero-order valence-electron chi connectivity index (χ0n) is 13.3. The summed E-state index contributed by atoms with van der Waals surface area (Å²) in [5.74, 6) is 1.02. The van der Waals surface area contributed by atoms with E-state index in [0.29, 0.717) is 25.3 Å². The minimum atomic E-state index is -0.189. The number of rotatable bonds is 7. The van der Waals surface area contributed by atoms with Crippen LogP contribution in [-0.2, 0) is 16.1 Å². The molecular formula is C17H22N2O4. The number of carbonyl (C=O) groups excluding carboxylic acids is 2. The molecule has 2 amide bonds. The van der Waals surface area contributed by atoms with E-state index in [4.69, 9.17) is 9.47 Å². The summed E-state index contributed by atoms with van der Waals surface area (Å²) in [6.07, 6.45) is 2.66. The molecule has 1 aliphatic carbocycles. The third-order valence-corrected chi connectivity index (χ3v) is 4.20. The summed E-state index contributed by atoms with van der Waals surface area (Å²) in [4.78, 5) is 24.0. The normalized spacial score (nSPS) is 20.9. The predicted molar refractivity (Wildman–Crippen MR) is 83.9 cm³/mol. The van der Waals surface area contributed by atoms with Gasteiger partial charge in [0.05, 0.1) is 11.8 Å². The standard InChI is InChI=1S/C17H22N2O4/c1-2-3-6-18-16(20)12-8-13(12)17(21)19-9-11-4-5-14-15(7-11)23-10-22-14/h4-5,7,12-13H,2-3,6,8-10H2,1H3,(H,18,20)(H,19,21). The number of hydrogen-bond acceptors (Lipinski definition) is 4. The molecule has 1 heterocycles. The fourth-order valence-electron chi connectivity index (χ4n) is 2.67. The fourth-order valence-corrected chi connectivity index (χ4v) is 2.67. The predicted octanol–water partition coefficient (Wildman–Crippen LogP) is 1.58. The first-order chi connectivity index (χ1) is 11.2. The Hall–Kier alpha value is -2.24. The summed E-state index contributed by atoms with van der Waals surface area (Å²) in [5, 5.41) is 5.77. The van der Waals surface area contributed by atoms with Crippen LogP contribution in [0.15, 0.2) is 18.2 Å². The molecule has 0 spiro atoms. The highest BCUT2D eigenvalue weighted by molar-refractivity contribution is 5.92. The van der Waals surface area contributed by atoms with E-state index in [9.17, 15) is 9.59 Å². The number of amides is 2. The molecule has 0 radical (unpaired) electrons. The van der Waals surface area contributed by atoms with E-state index in [0.717, 1.165) is 24.2 Å². The second-order valence-corrected chi connectivity index (χ2v) is 6.00. The number of nitrogens with one attached hydrogen (secondary N) is 2. The summed E-state index contributed by atoms with van der Waals surface area (Å²) in [5.41, 5.74) is 0.951. The van der Waals surface area contributed by atoms with Crippen molar-refractivity contribution in [3.63, 3.8) is 0 Å². The molecular weight excluding hydrogens is 296 g/mol. The van der Waals surface area contributed by atoms with Gasteiger partial charge in [-0.15, -0.1) is 0 Å². The second kappa shape index (κ2) is 6.89. The number of unbranched alkanes of at least 4 members (excludes halogenated alkanes) is 1. The van der Waals surface area contributed by atoms with Gasteiger partial charge in [0.1, 0.15) is 0 Å². The molecule has 1 aromatic rings. The summed E-state index contributed by atoms with van der Waals surface area (Å²) >= 11 is 0. The maximum Gasteiger partial charge on any atom is 0.231 e. The van der Waals surface area contributed by atoms with Gasteiger partial charge >= 0.3 is 0 Å². The van der Waals surface area contributed by atoms with Gasteiger partial charge in [-0.05, 0) is 30.5 Å². The smallest absolute Gasteiger partial charge is 0.231 e. The Morgan fingerprint density at radius 1 is 1.13 bits per heavy atom. The Balaban J connectivity index is 1.43. The number of fused-ring (bicyclic) bond motifs is 1. The third kappa shape index (κ3) is 3.75. The zero-order valence-corrected chi connectivity index (χ0v) is 13.3. The molecule has 0 saturated heterocycles. The van der Waals surface area contributed by atoms with Gasteiger partial charge in [0.15, 0.2) is 11.5 Å². The van der Waals surface area contributed by atoms with E-state index >= 15 is 0 Å². The molecule has 3 rings (SSSR count). The van der Waals surface area contributed by atoms with Crippen molar-refractivity contribution >= 4 is 11.8 Å². The van der Waals surface area contributed by atoms with E-state index in [1.165, 1.54) is 0 Å². The molecule has 6 nitrogen and oxygen atoms in total. The maximum atomic E-state index is 12.1. The van der Waals surface area contributed by atoms with Gasteiger partial charge in [0, 0.05) is 13.1 Å². The monoisotopic (exact) mass is 318 g/mol. The average Bonchev–Trinajstić information content (AvgIpc) is 3.23. The third-order valence-electron chi connectivity index (χ3n) is 4.20. The Bertz CT molecular complexity index is 602. The largest absolute Gasteiger partial charge is 0.454 e. The van der Waals surface area contributed by atoms with Crippen molar-refractivity contribution in [2.75, 3.05) is 13.3 Å². The summed E-state index contributed by atoms with van der Waals surface area (Å²) in [6.45, 7) is 3.44. The van der Waals surface area contributed by atoms with Crippen LogP contribution < -0.4 is 20.1 Å². The summed E-state index contributed by atoms with van der Waals surface area (Å²) in [6, 6.07) is 5.60. The van der Waals surface area contributed by atoms with Crippen LogP contribution in [0.4, 0.5) is 0 Å². The molecule has 2 N–H and O–H groups in total. The van der Waals surface area contributed by atoms with Crippen molar-refractivity contribution in [2.45, 2.75) is 32.7 Å². The highest BCUT2D eigenvalue weighted by Gasteiger charge is 2.47. The van der Waals surface area contributed by atoms with Crippen LogP contribution in [0.5, 0.6) is 11.5 Å². The zero-order chi connectivity index (χ0) is 16.2. The van der Waals surface area contributed by atoms with Crippen LogP contribution in [-0.4, -0.2) is 25.2 Å². The van der Waals surface area contributed by atoms with Gasteiger partial charge in [-0.2, -0.15) is 0 Å². The van der Waals surface area contributed by atoms with Crippen LogP contribution in [0.3, 0.4) is 0 Å². The minimum absolute atomic E-state index is 0.00156. The van der Waals surface area contributed by atoms with E-state index in [2.05, 4.69) is 17.6 Å². The van der Waals surface area contributed by atoms with E-state index in [1.807, 2.05) is 18.2 Å². The Morgan fingerprint density at radius 2 is 1.87 bits per heavy atom. The van der Waals surface area contributed by atoms with Gasteiger partial charge in [0.25, 0.3) is 0 Å². The van der Waals surface area contributed by atoms with Gasteiger partial charge in [-0.3, -0.25) is 9.59 Å². The molecule has 1 aliphatic heterocycles. The lowest BCUT2D eigenvalue weighted by Crippen LogP contribution is -2.30. The first-order valence-electron chi connectivity index (χ1n) is 8.13. The second-order valence-electron chi connectivity index (χ2n) is 6.00. The Kier molecular flexibility index (Phi) is 4.69. The molecule has 0 aromatic heterocycles. The molecule has 0 bridgehead atoms. The number of benzene rings is 1. The quantitative estimate of drug-likeness (QED) is 0.749. The Labute approximate surface area is 135 Å². The minimum Gasteiger partial charge on any atom is -0.454 e. The van der Waals surface area contributed by atoms with E-state index in [-0.39, 0.29) is 30.4 Å². The number of carbonyl (C=O) groups is 2. The van der Waals surface area contributed by atoms with Gasteiger partial charge in [-0.25, -0.2) is 0 Å². The van der Waals surface area contributed by atoms with Crippen LogP contribution in [0, 0.1) is 11.8 Å². The molecule has 2 unspecified atom stereocenters. The van der Waals surface area contributed by atoms with Gasteiger partial charge < -0.3 is 20.1 Å². The van der Waals surface area contributed by atoms with Crippen molar-refractivity contribution in [1.82, 2.24) is 10.6 Å². The number of hydrogen-bond donors (Lipinski definition) is 2. The van der Waals surface area contributed by atoms with Gasteiger partial charge in [-0.1, -0.05) is 19.4 Å². The highest BCUT2D eigenvalue weighted by Crippen LogP contribution is 2.39. The van der Waals surface area contributed by atoms with Crippen molar-refractivity contribution in [3.05, 3.63) is 23.8 Å². The lowest BCUT2D eigenvalue weighted by atomic mass is 10.2. The molecule has 2 aliphatic rings. The molecule has 2 atom stereocenters. The average molecular weight is 318 g/mol. The molecule has 1 saturated carbocycles. The van der Waals surface area contributed by atoms with Crippen LogP contribution in [0.25, 0.3) is 0 Å². The van der Waals surface area contributed by atoms with Crippen molar-refractivity contribution in [1.29, 1.82) is 0 Å². The molecule has 1 fully saturated rings. The molecule has 1 aromatic carbocycles. The Morgan fingerprint density at radius 3 is 2.65 bits per heavy atom. The maximum absolute atomic E-state index is 12.1. The highest BCUT2D eigenvalue weighted by atomic mass is 16.7. The van der Waals surface area contributed by atoms with Gasteiger partial charge in [0.2, 0.25) is 18.6 Å². The van der Waals surface area contributed by atoms with Crippen LogP contribution >= 0.6 is 0 Å². The fraction of sp³-hybridized carbons (Fsp3) is 0.529. The van der Waals surface area contributed by atoms with E-state index in [1.54, 1.807) is 0 Å². The molecule has 6 heteroatoms.